The molecule has 26 heavy (non-hydrogen) atoms. The molecule has 6 nitrogen and oxygen atoms in total. The van der Waals surface area contributed by atoms with E-state index in [4.69, 9.17) is 29.2 Å². The van der Waals surface area contributed by atoms with Crippen molar-refractivity contribution in [2.45, 2.75) is 66.6 Å². The van der Waals surface area contributed by atoms with E-state index < -0.39 is 5.41 Å². The van der Waals surface area contributed by atoms with Gasteiger partial charge in [0, 0.05) is 0 Å². The second kappa shape index (κ2) is 7.20. The molecular formula is C20H33N3O3. The van der Waals surface area contributed by atoms with Crippen molar-refractivity contribution in [1.29, 1.82) is 0 Å². The standard InChI is InChI=1S/C20H33N3O3/c1-11(2)14-8-24-17(21-14)20(7,18-22-15(9-25-18)12(3)4)19-23-16(10-26-19)13(5)6/h11-16H,8-10H2,1-7H3/t14-,15-,16-/m1/s1. The summed E-state index contributed by atoms with van der Waals surface area (Å²) >= 11 is 0. The molecule has 0 fully saturated rings. The van der Waals surface area contributed by atoms with Gasteiger partial charge in [-0.3, -0.25) is 0 Å². The van der Waals surface area contributed by atoms with E-state index in [1.54, 1.807) is 0 Å². The van der Waals surface area contributed by atoms with Gasteiger partial charge in [0.2, 0.25) is 17.7 Å². The molecule has 0 aromatic carbocycles. The van der Waals surface area contributed by atoms with Gasteiger partial charge in [0.15, 0.2) is 5.41 Å². The van der Waals surface area contributed by atoms with Crippen LogP contribution in [0, 0.1) is 23.2 Å². The summed E-state index contributed by atoms with van der Waals surface area (Å²) in [6.45, 7) is 16.8. The molecule has 0 aliphatic carbocycles. The molecule has 3 heterocycles. The Kier molecular flexibility index (Phi) is 5.31. The highest BCUT2D eigenvalue weighted by molar-refractivity contribution is 6.23. The lowest BCUT2D eigenvalue weighted by atomic mass is 9.89. The van der Waals surface area contributed by atoms with Gasteiger partial charge in [-0.15, -0.1) is 0 Å². The molecule has 0 radical (unpaired) electrons. The van der Waals surface area contributed by atoms with Crippen molar-refractivity contribution in [1.82, 2.24) is 0 Å². The summed E-state index contributed by atoms with van der Waals surface area (Å²) < 4.78 is 18.1. The fourth-order valence-corrected chi connectivity index (χ4v) is 3.29. The Morgan fingerprint density at radius 2 is 0.923 bits per heavy atom. The molecule has 0 aromatic rings. The lowest BCUT2D eigenvalue weighted by Crippen LogP contribution is -2.44. The average Bonchev–Trinajstić information content (AvgIpc) is 3.33. The molecule has 0 spiro atoms. The molecule has 0 saturated carbocycles. The largest absolute Gasteiger partial charge is 0.478 e. The number of aliphatic imine (C=N–C) groups is 3. The molecule has 0 N–H and O–H groups in total. The van der Waals surface area contributed by atoms with Crippen molar-refractivity contribution in [3.63, 3.8) is 0 Å². The van der Waals surface area contributed by atoms with Gasteiger partial charge in [-0.25, -0.2) is 15.0 Å². The van der Waals surface area contributed by atoms with Crippen LogP contribution >= 0.6 is 0 Å². The lowest BCUT2D eigenvalue weighted by molar-refractivity contribution is 0.239. The molecule has 3 aliphatic heterocycles. The molecule has 0 saturated heterocycles. The fourth-order valence-electron chi connectivity index (χ4n) is 3.29. The molecule has 0 bridgehead atoms. The van der Waals surface area contributed by atoms with Crippen molar-refractivity contribution in [2.75, 3.05) is 19.8 Å². The Morgan fingerprint density at radius 3 is 1.12 bits per heavy atom. The first-order valence-electron chi connectivity index (χ1n) is 9.86. The minimum absolute atomic E-state index is 0.148. The van der Waals surface area contributed by atoms with Crippen LogP contribution in [0.2, 0.25) is 0 Å². The summed E-state index contributed by atoms with van der Waals surface area (Å²) in [5.74, 6) is 3.14. The SMILES string of the molecule is CC(C)[C@H]1COC(C(C)(C2=N[C@@H](C(C)C)CO2)C2=N[C@@H](C(C)C)CO2)=N1. The molecule has 0 unspecified atom stereocenters. The molecule has 3 rings (SSSR count). The summed E-state index contributed by atoms with van der Waals surface area (Å²) in [6, 6.07) is 0.445. The van der Waals surface area contributed by atoms with Crippen LogP contribution < -0.4 is 0 Å². The first kappa shape index (κ1) is 19.2. The topological polar surface area (TPSA) is 64.8 Å². The van der Waals surface area contributed by atoms with Gasteiger partial charge in [0.25, 0.3) is 0 Å². The Labute approximate surface area is 157 Å². The number of ether oxygens (including phenoxy) is 3. The maximum atomic E-state index is 6.04. The van der Waals surface area contributed by atoms with Crippen LogP contribution in [-0.4, -0.2) is 55.6 Å². The minimum Gasteiger partial charge on any atom is -0.478 e. The molecule has 3 atom stereocenters. The van der Waals surface area contributed by atoms with Gasteiger partial charge >= 0.3 is 0 Å². The van der Waals surface area contributed by atoms with Crippen molar-refractivity contribution >= 4 is 17.7 Å². The smallest absolute Gasteiger partial charge is 0.209 e. The molecule has 0 aromatic heterocycles. The van der Waals surface area contributed by atoms with E-state index in [-0.39, 0.29) is 18.1 Å². The highest BCUT2D eigenvalue weighted by Crippen LogP contribution is 2.36. The third kappa shape index (κ3) is 3.35. The quantitative estimate of drug-likeness (QED) is 0.727. The van der Waals surface area contributed by atoms with Crippen molar-refractivity contribution in [3.8, 4) is 0 Å². The third-order valence-electron chi connectivity index (χ3n) is 5.61. The maximum absolute atomic E-state index is 6.04. The number of hydrogen-bond donors (Lipinski definition) is 0. The van der Waals surface area contributed by atoms with Crippen molar-refractivity contribution in [3.05, 3.63) is 0 Å². The molecule has 3 aliphatic rings. The molecular weight excluding hydrogens is 330 g/mol. The molecule has 0 amide bonds. The molecule has 146 valence electrons. The van der Waals surface area contributed by atoms with Gasteiger partial charge in [0.05, 0.1) is 18.1 Å². The van der Waals surface area contributed by atoms with Gasteiger partial charge in [0.1, 0.15) is 19.8 Å². The summed E-state index contributed by atoms with van der Waals surface area (Å²) in [6.07, 6.45) is 0. The minimum atomic E-state index is -0.781. The second-order valence-corrected chi connectivity index (χ2v) is 8.79. The zero-order valence-corrected chi connectivity index (χ0v) is 17.2. The predicted molar refractivity (Wildman–Crippen MR) is 104 cm³/mol. The van der Waals surface area contributed by atoms with E-state index in [1.165, 1.54) is 0 Å². The predicted octanol–water partition coefficient (Wildman–Crippen LogP) is 3.35. The number of hydrogen-bond acceptors (Lipinski definition) is 6. The van der Waals surface area contributed by atoms with Gasteiger partial charge in [-0.2, -0.15) is 0 Å². The Bertz CT molecular complexity index is 538. The zero-order chi connectivity index (χ0) is 19.1. The van der Waals surface area contributed by atoms with Crippen LogP contribution in [0.4, 0.5) is 0 Å². The van der Waals surface area contributed by atoms with E-state index in [2.05, 4.69) is 41.5 Å². The van der Waals surface area contributed by atoms with Crippen molar-refractivity contribution < 1.29 is 14.2 Å². The van der Waals surface area contributed by atoms with Crippen LogP contribution in [0.3, 0.4) is 0 Å². The van der Waals surface area contributed by atoms with Crippen LogP contribution in [0.15, 0.2) is 15.0 Å². The normalized spacial score (nSPS) is 28.8. The Morgan fingerprint density at radius 1 is 0.654 bits per heavy atom. The van der Waals surface area contributed by atoms with Crippen molar-refractivity contribution in [2.24, 2.45) is 38.1 Å². The Balaban J connectivity index is 1.99. The van der Waals surface area contributed by atoms with Crippen LogP contribution in [0.1, 0.15) is 48.5 Å². The van der Waals surface area contributed by atoms with Crippen LogP contribution in [0.5, 0.6) is 0 Å². The monoisotopic (exact) mass is 363 g/mol. The molecule has 6 heteroatoms. The summed E-state index contributed by atoms with van der Waals surface area (Å²) in [5, 5.41) is 0. The van der Waals surface area contributed by atoms with E-state index in [9.17, 15) is 0 Å². The van der Waals surface area contributed by atoms with Gasteiger partial charge in [-0.05, 0) is 24.7 Å². The number of nitrogens with zero attached hydrogens (tertiary/aromatic N) is 3. The Hall–Kier alpha value is -1.59. The maximum Gasteiger partial charge on any atom is 0.209 e. The number of rotatable bonds is 6. The van der Waals surface area contributed by atoms with Crippen LogP contribution in [-0.2, 0) is 14.2 Å². The summed E-state index contributed by atoms with van der Waals surface area (Å²) in [5.41, 5.74) is -0.781. The highest BCUT2D eigenvalue weighted by Gasteiger charge is 2.52. The van der Waals surface area contributed by atoms with Gasteiger partial charge < -0.3 is 14.2 Å². The highest BCUT2D eigenvalue weighted by atomic mass is 16.5. The lowest BCUT2D eigenvalue weighted by Gasteiger charge is -2.26. The van der Waals surface area contributed by atoms with Crippen LogP contribution in [0.25, 0.3) is 0 Å². The first-order chi connectivity index (χ1) is 12.2. The average molecular weight is 364 g/mol. The zero-order valence-electron chi connectivity index (χ0n) is 17.2. The van der Waals surface area contributed by atoms with E-state index in [1.807, 2.05) is 6.92 Å². The second-order valence-electron chi connectivity index (χ2n) is 8.79. The van der Waals surface area contributed by atoms with E-state index in [0.29, 0.717) is 55.3 Å². The summed E-state index contributed by atoms with van der Waals surface area (Å²) in [7, 11) is 0. The van der Waals surface area contributed by atoms with Gasteiger partial charge in [-0.1, -0.05) is 41.5 Å². The van der Waals surface area contributed by atoms with E-state index >= 15 is 0 Å². The fraction of sp³-hybridized carbons (Fsp3) is 0.850. The summed E-state index contributed by atoms with van der Waals surface area (Å²) in [4.78, 5) is 14.6. The first-order valence-corrected chi connectivity index (χ1v) is 9.86. The third-order valence-corrected chi connectivity index (χ3v) is 5.61. The van der Waals surface area contributed by atoms with E-state index in [0.717, 1.165) is 0 Å².